The number of aryl methyl sites for hydroxylation is 1. The van der Waals surface area contributed by atoms with Crippen LogP contribution < -0.4 is 10.6 Å². The minimum atomic E-state index is -0.436. The van der Waals surface area contributed by atoms with Gasteiger partial charge in [-0.05, 0) is 55.0 Å². The smallest absolute Gasteiger partial charge is 0.276 e. The van der Waals surface area contributed by atoms with E-state index in [0.717, 1.165) is 11.3 Å². The van der Waals surface area contributed by atoms with Gasteiger partial charge in [0.05, 0.1) is 11.3 Å². The highest BCUT2D eigenvalue weighted by Crippen LogP contribution is 2.22. The van der Waals surface area contributed by atoms with Gasteiger partial charge in [-0.1, -0.05) is 23.7 Å². The maximum Gasteiger partial charge on any atom is 0.276 e. The van der Waals surface area contributed by atoms with Gasteiger partial charge in [0, 0.05) is 10.7 Å². The van der Waals surface area contributed by atoms with Crippen LogP contribution in [0.1, 0.15) is 21.6 Å². The van der Waals surface area contributed by atoms with Gasteiger partial charge in [0.1, 0.15) is 6.07 Å². The van der Waals surface area contributed by atoms with E-state index < -0.39 is 5.91 Å². The third-order valence-electron chi connectivity index (χ3n) is 3.64. The van der Waals surface area contributed by atoms with Gasteiger partial charge >= 0.3 is 0 Å². The lowest BCUT2D eigenvalue weighted by molar-refractivity contribution is 0.102. The summed E-state index contributed by atoms with van der Waals surface area (Å²) in [6.07, 6.45) is 0. The van der Waals surface area contributed by atoms with Crippen molar-refractivity contribution in [3.63, 3.8) is 0 Å². The number of hydrogen-bond donors (Lipinski definition) is 2. The van der Waals surface area contributed by atoms with Crippen LogP contribution in [0.2, 0.25) is 5.02 Å². The molecule has 0 unspecified atom stereocenters. The number of amides is 1. The zero-order valence-electron chi connectivity index (χ0n) is 13.8. The largest absolute Gasteiger partial charge is 0.339 e. The third kappa shape index (κ3) is 3.97. The highest BCUT2D eigenvalue weighted by Gasteiger charge is 2.11. The van der Waals surface area contributed by atoms with Crippen LogP contribution in [-0.2, 0) is 0 Å². The summed E-state index contributed by atoms with van der Waals surface area (Å²) in [5.74, 6) is 0.0684. The van der Waals surface area contributed by atoms with E-state index in [0.29, 0.717) is 22.1 Å². The molecular weight excluding hydrogens is 350 g/mol. The summed E-state index contributed by atoms with van der Waals surface area (Å²) < 4.78 is 0. The maximum absolute atomic E-state index is 12.3. The normalized spacial score (nSPS) is 10.0. The van der Waals surface area contributed by atoms with Crippen LogP contribution in [0.4, 0.5) is 17.2 Å². The highest BCUT2D eigenvalue weighted by atomic mass is 35.5. The second-order valence-corrected chi connectivity index (χ2v) is 5.94. The van der Waals surface area contributed by atoms with Crippen LogP contribution in [0.5, 0.6) is 0 Å². The zero-order chi connectivity index (χ0) is 18.5. The molecule has 3 aromatic rings. The van der Waals surface area contributed by atoms with Crippen molar-refractivity contribution in [2.45, 2.75) is 6.92 Å². The number of hydrogen-bond acceptors (Lipinski definition) is 5. The minimum absolute atomic E-state index is 0.149. The van der Waals surface area contributed by atoms with Crippen LogP contribution in [0.15, 0.2) is 54.6 Å². The molecule has 0 aliphatic carbocycles. The number of carbonyl (C=O) groups is 1. The molecule has 1 amide bonds. The van der Waals surface area contributed by atoms with Crippen molar-refractivity contribution in [1.29, 1.82) is 5.26 Å². The average molecular weight is 364 g/mol. The second-order valence-electron chi connectivity index (χ2n) is 5.50. The fourth-order valence-corrected chi connectivity index (χ4v) is 2.53. The lowest BCUT2D eigenvalue weighted by Gasteiger charge is -2.09. The SMILES string of the molecule is Cc1cc(Cl)ccc1Nc1ccc(C(=O)Nc2ccccc2C#N)nn1. The molecule has 3 rings (SSSR count). The van der Waals surface area contributed by atoms with Crippen LogP contribution in [0.25, 0.3) is 0 Å². The second kappa shape index (κ2) is 7.64. The summed E-state index contributed by atoms with van der Waals surface area (Å²) in [7, 11) is 0. The topological polar surface area (TPSA) is 90.7 Å². The molecule has 0 aliphatic heterocycles. The van der Waals surface area contributed by atoms with Gasteiger partial charge in [0.15, 0.2) is 11.5 Å². The Labute approximate surface area is 155 Å². The molecule has 6 nitrogen and oxygen atoms in total. The lowest BCUT2D eigenvalue weighted by atomic mass is 10.2. The van der Waals surface area contributed by atoms with E-state index in [-0.39, 0.29) is 5.69 Å². The number of nitrogens with one attached hydrogen (secondary N) is 2. The summed E-state index contributed by atoms with van der Waals surface area (Å²) in [5, 5.41) is 23.5. The van der Waals surface area contributed by atoms with E-state index in [1.807, 2.05) is 25.1 Å². The van der Waals surface area contributed by atoms with E-state index in [2.05, 4.69) is 20.8 Å². The first kappa shape index (κ1) is 17.4. The van der Waals surface area contributed by atoms with Crippen molar-refractivity contribution >= 4 is 34.7 Å². The van der Waals surface area contributed by atoms with E-state index in [1.165, 1.54) is 0 Å². The van der Waals surface area contributed by atoms with Gasteiger partial charge in [0.2, 0.25) is 0 Å². The van der Waals surface area contributed by atoms with E-state index in [1.54, 1.807) is 42.5 Å². The quantitative estimate of drug-likeness (QED) is 0.720. The molecular formula is C19H14ClN5O. The molecule has 1 aromatic heterocycles. The van der Waals surface area contributed by atoms with Crippen molar-refractivity contribution in [1.82, 2.24) is 10.2 Å². The maximum atomic E-state index is 12.3. The van der Waals surface area contributed by atoms with Gasteiger partial charge in [-0.2, -0.15) is 5.26 Å². The number of carbonyl (C=O) groups excluding carboxylic acids is 1. The predicted molar refractivity (Wildman–Crippen MR) is 101 cm³/mol. The first-order valence-electron chi connectivity index (χ1n) is 7.74. The summed E-state index contributed by atoms with van der Waals surface area (Å²) >= 11 is 5.94. The number of para-hydroxylation sites is 1. The summed E-state index contributed by atoms with van der Waals surface area (Å²) in [4.78, 5) is 12.3. The number of rotatable bonds is 4. The molecule has 0 bridgehead atoms. The molecule has 0 saturated heterocycles. The van der Waals surface area contributed by atoms with Crippen LogP contribution in [0.3, 0.4) is 0 Å². The van der Waals surface area contributed by atoms with Gasteiger partial charge in [-0.3, -0.25) is 4.79 Å². The monoisotopic (exact) mass is 363 g/mol. The minimum Gasteiger partial charge on any atom is -0.339 e. The highest BCUT2D eigenvalue weighted by molar-refractivity contribution is 6.30. The van der Waals surface area contributed by atoms with E-state index >= 15 is 0 Å². The fourth-order valence-electron chi connectivity index (χ4n) is 2.30. The van der Waals surface area contributed by atoms with Gasteiger partial charge in [-0.25, -0.2) is 0 Å². The van der Waals surface area contributed by atoms with E-state index in [4.69, 9.17) is 16.9 Å². The first-order valence-corrected chi connectivity index (χ1v) is 8.12. The molecule has 2 N–H and O–H groups in total. The molecule has 0 spiro atoms. The van der Waals surface area contributed by atoms with Crippen molar-refractivity contribution in [2.24, 2.45) is 0 Å². The average Bonchev–Trinajstić information content (AvgIpc) is 2.65. The molecule has 0 saturated carbocycles. The van der Waals surface area contributed by atoms with Crippen molar-refractivity contribution in [3.05, 3.63) is 76.4 Å². The fraction of sp³-hybridized carbons (Fsp3) is 0.0526. The van der Waals surface area contributed by atoms with Crippen LogP contribution >= 0.6 is 11.6 Å². The Kier molecular flexibility index (Phi) is 5.11. The molecule has 0 fully saturated rings. The van der Waals surface area contributed by atoms with Crippen LogP contribution in [0, 0.1) is 18.3 Å². The Morgan fingerprint density at radius 2 is 1.88 bits per heavy atom. The Morgan fingerprint density at radius 1 is 1.08 bits per heavy atom. The summed E-state index contributed by atoms with van der Waals surface area (Å²) in [6, 6.07) is 17.5. The molecule has 0 radical (unpaired) electrons. The van der Waals surface area contributed by atoms with Crippen molar-refractivity contribution in [2.75, 3.05) is 10.6 Å². The number of halogens is 1. The molecule has 0 atom stereocenters. The van der Waals surface area contributed by atoms with Crippen molar-refractivity contribution < 1.29 is 4.79 Å². The summed E-state index contributed by atoms with van der Waals surface area (Å²) in [6.45, 7) is 1.93. The Bertz CT molecular complexity index is 996. The number of aromatic nitrogens is 2. The number of nitrogens with zero attached hydrogens (tertiary/aromatic N) is 3. The molecule has 26 heavy (non-hydrogen) atoms. The number of anilines is 3. The van der Waals surface area contributed by atoms with Gasteiger partial charge in [0.25, 0.3) is 5.91 Å². The van der Waals surface area contributed by atoms with E-state index in [9.17, 15) is 4.79 Å². The molecule has 1 heterocycles. The first-order chi connectivity index (χ1) is 12.6. The lowest BCUT2D eigenvalue weighted by Crippen LogP contribution is -2.15. The van der Waals surface area contributed by atoms with Gasteiger partial charge in [-0.15, -0.1) is 10.2 Å². The Balaban J connectivity index is 1.73. The van der Waals surface area contributed by atoms with Crippen LogP contribution in [-0.4, -0.2) is 16.1 Å². The standard InChI is InChI=1S/C19H14ClN5O/c1-12-10-14(20)6-7-15(12)22-18-9-8-17(24-25-18)19(26)23-16-5-3-2-4-13(16)11-21/h2-10H,1H3,(H,22,25)(H,23,26). The molecule has 128 valence electrons. The number of benzene rings is 2. The Morgan fingerprint density at radius 3 is 2.58 bits per heavy atom. The Hall–Kier alpha value is -3.43. The zero-order valence-corrected chi connectivity index (χ0v) is 14.6. The third-order valence-corrected chi connectivity index (χ3v) is 3.88. The van der Waals surface area contributed by atoms with Gasteiger partial charge < -0.3 is 10.6 Å². The van der Waals surface area contributed by atoms with Crippen molar-refractivity contribution in [3.8, 4) is 6.07 Å². The molecule has 0 aliphatic rings. The number of nitriles is 1. The predicted octanol–water partition coefficient (Wildman–Crippen LogP) is 4.31. The summed E-state index contributed by atoms with van der Waals surface area (Å²) in [5.41, 5.74) is 2.78. The molecule has 7 heteroatoms. The molecule has 2 aromatic carbocycles.